The minimum Gasteiger partial charge on any atom is -0.294 e. The van der Waals surface area contributed by atoms with Crippen LogP contribution >= 0.6 is 0 Å². The number of nitrogens with one attached hydrogen (secondary N) is 1. The van der Waals surface area contributed by atoms with Crippen LogP contribution in [0, 0.1) is 11.6 Å². The molecular weight excluding hydrogens is 414 g/mol. The van der Waals surface area contributed by atoms with Crippen LogP contribution in [0.15, 0.2) is 35.3 Å². The Balaban J connectivity index is 2.28. The van der Waals surface area contributed by atoms with E-state index in [1.54, 1.807) is 0 Å². The first-order valence-electron chi connectivity index (χ1n) is 9.73. The molecule has 1 aromatic carbocycles. The van der Waals surface area contributed by atoms with E-state index in [1.165, 1.54) is 33.8 Å². The van der Waals surface area contributed by atoms with E-state index < -0.39 is 45.0 Å². The van der Waals surface area contributed by atoms with Crippen molar-refractivity contribution in [2.24, 2.45) is 7.02 Å². The smallest absolute Gasteiger partial charge is 0.261 e. The number of aromatic nitrogens is 3. The third-order valence-electron chi connectivity index (χ3n) is 4.61. The van der Waals surface area contributed by atoms with Gasteiger partial charge < -0.3 is 0 Å². The summed E-state index contributed by atoms with van der Waals surface area (Å²) in [5, 5.41) is -0.102. The highest BCUT2D eigenvalue weighted by molar-refractivity contribution is 7.90. The van der Waals surface area contributed by atoms with Gasteiger partial charge in [0.25, 0.3) is 5.56 Å². The summed E-state index contributed by atoms with van der Waals surface area (Å²) in [6.45, 7) is 6.09. The van der Waals surface area contributed by atoms with Gasteiger partial charge in [0.05, 0.1) is 21.8 Å². The summed E-state index contributed by atoms with van der Waals surface area (Å²) in [6, 6.07) is 3.64. The van der Waals surface area contributed by atoms with Gasteiger partial charge in [-0.2, -0.15) is 0 Å². The van der Waals surface area contributed by atoms with E-state index in [2.05, 4.69) is 14.7 Å². The first-order valence-corrected chi connectivity index (χ1v) is 10.5. The van der Waals surface area contributed by atoms with Crippen molar-refractivity contribution >= 4 is 20.9 Å². The molecule has 0 aliphatic rings. The minimum absolute atomic E-state index is 0.00811. The van der Waals surface area contributed by atoms with Crippen LogP contribution in [-0.4, -0.2) is 27.7 Å². The van der Waals surface area contributed by atoms with Crippen molar-refractivity contribution < 1.29 is 18.6 Å². The molecule has 3 rings (SSSR count). The Morgan fingerprint density at radius 3 is 2.47 bits per heavy atom. The predicted molar refractivity (Wildman–Crippen MR) is 110 cm³/mol. The molecule has 1 unspecified atom stereocenters. The number of fused-ring (bicyclic) bond motifs is 1. The van der Waals surface area contributed by atoms with Gasteiger partial charge in [0.2, 0.25) is 10.0 Å². The van der Waals surface area contributed by atoms with Gasteiger partial charge in [-0.05, 0) is 57.5 Å². The molecule has 0 saturated carbocycles. The summed E-state index contributed by atoms with van der Waals surface area (Å²) in [6.07, 6.45) is 0.950. The van der Waals surface area contributed by atoms with Gasteiger partial charge in [-0.25, -0.2) is 31.9 Å². The van der Waals surface area contributed by atoms with Gasteiger partial charge in [0, 0.05) is 14.4 Å². The van der Waals surface area contributed by atoms with E-state index in [0.29, 0.717) is 0 Å². The van der Waals surface area contributed by atoms with Crippen LogP contribution in [0.4, 0.5) is 8.78 Å². The summed E-state index contributed by atoms with van der Waals surface area (Å²) in [7, 11) is -4.30. The van der Waals surface area contributed by atoms with Gasteiger partial charge >= 0.3 is 0 Å². The number of pyridine rings is 1. The Hall–Kier alpha value is -2.72. The van der Waals surface area contributed by atoms with Crippen LogP contribution in [0.5, 0.6) is 0 Å². The average molecular weight is 437 g/mol. The molecule has 10 heteroatoms. The highest BCUT2D eigenvalue weighted by Gasteiger charge is 2.31. The lowest BCUT2D eigenvalue weighted by Gasteiger charge is -2.24. The zero-order chi connectivity index (χ0) is 23.1. The molecule has 3 aromatic rings. The number of sulfonamides is 1. The van der Waals surface area contributed by atoms with E-state index in [4.69, 9.17) is 1.37 Å². The number of halogens is 2. The van der Waals surface area contributed by atoms with Crippen LogP contribution in [0.2, 0.25) is 0 Å². The first-order chi connectivity index (χ1) is 14.4. The Bertz CT molecular complexity index is 1300. The largest absolute Gasteiger partial charge is 0.294 e. The average Bonchev–Trinajstić information content (AvgIpc) is 2.67. The van der Waals surface area contributed by atoms with Crippen LogP contribution in [0.1, 0.15) is 40.7 Å². The lowest BCUT2D eigenvalue weighted by molar-refractivity contribution is 0.531. The van der Waals surface area contributed by atoms with Crippen molar-refractivity contribution in [2.45, 2.75) is 38.5 Å². The summed E-state index contributed by atoms with van der Waals surface area (Å²) in [4.78, 5) is 21.3. The van der Waals surface area contributed by atoms with Crippen molar-refractivity contribution in [1.82, 2.24) is 19.3 Å². The van der Waals surface area contributed by atoms with Crippen molar-refractivity contribution in [3.63, 3.8) is 0 Å². The van der Waals surface area contributed by atoms with Gasteiger partial charge in [-0.3, -0.25) is 9.36 Å². The van der Waals surface area contributed by atoms with Crippen molar-refractivity contribution in [1.29, 1.82) is 0 Å². The second-order valence-electron chi connectivity index (χ2n) is 7.88. The second kappa shape index (κ2) is 7.51. The van der Waals surface area contributed by atoms with E-state index >= 15 is 0 Å². The predicted octanol–water partition coefficient (Wildman–Crippen LogP) is 3.05. The minimum atomic E-state index is -3.78. The maximum atomic E-state index is 14.4. The topological polar surface area (TPSA) is 93.9 Å². The standard InChI is InChI=1S/C20H22F2N4O3S/c1-11(25-30(28,29)20(2,3)4)14-8-13(22)9-15-17(14)24-18(26(5)19(15)27)16-7-6-12(21)10-23-16/h6-11,25H,1-5H3/i5D. The highest BCUT2D eigenvalue weighted by Crippen LogP contribution is 2.27. The molecule has 0 aliphatic carbocycles. The number of hydrogen-bond donors (Lipinski definition) is 1. The Morgan fingerprint density at radius 1 is 1.20 bits per heavy atom. The molecule has 0 saturated heterocycles. The fourth-order valence-electron chi connectivity index (χ4n) is 2.82. The van der Waals surface area contributed by atoms with Gasteiger partial charge in [0.15, 0.2) is 5.82 Å². The van der Waals surface area contributed by atoms with Crippen LogP contribution in [-0.2, 0) is 17.0 Å². The molecule has 2 aromatic heterocycles. The number of benzene rings is 1. The summed E-state index contributed by atoms with van der Waals surface area (Å²) in [5.41, 5.74) is -0.319. The Kier molecular flexibility index (Phi) is 5.15. The molecule has 1 N–H and O–H groups in total. The quantitative estimate of drug-likeness (QED) is 0.677. The summed E-state index contributed by atoms with van der Waals surface area (Å²) >= 11 is 0. The highest BCUT2D eigenvalue weighted by atomic mass is 32.2. The van der Waals surface area contributed by atoms with Crippen LogP contribution < -0.4 is 10.3 Å². The maximum absolute atomic E-state index is 14.4. The van der Waals surface area contributed by atoms with Gasteiger partial charge in [-0.1, -0.05) is 0 Å². The Morgan fingerprint density at radius 2 is 1.90 bits per heavy atom. The van der Waals surface area contributed by atoms with Crippen molar-refractivity contribution in [3.8, 4) is 11.5 Å². The SMILES string of the molecule is [2H]Cn1c(-c2ccc(F)cn2)nc2c(C(C)NS(=O)(=O)C(C)(C)C)cc(F)cc2c1=O. The molecule has 0 fully saturated rings. The lowest BCUT2D eigenvalue weighted by Crippen LogP contribution is -2.40. The van der Waals surface area contributed by atoms with Crippen molar-refractivity contribution in [2.75, 3.05) is 0 Å². The number of rotatable bonds is 4. The molecule has 0 bridgehead atoms. The number of hydrogen-bond acceptors (Lipinski definition) is 5. The molecule has 2 heterocycles. The fraction of sp³-hybridized carbons (Fsp3) is 0.350. The molecule has 1 atom stereocenters. The number of nitrogens with zero attached hydrogens (tertiary/aromatic N) is 3. The zero-order valence-electron chi connectivity index (χ0n) is 17.9. The summed E-state index contributed by atoms with van der Waals surface area (Å²) in [5.74, 6) is -1.34. The van der Waals surface area contributed by atoms with Crippen LogP contribution in [0.3, 0.4) is 0 Å². The van der Waals surface area contributed by atoms with Gasteiger partial charge in [-0.15, -0.1) is 0 Å². The van der Waals surface area contributed by atoms with Crippen LogP contribution in [0.25, 0.3) is 22.4 Å². The van der Waals surface area contributed by atoms with E-state index in [-0.39, 0.29) is 28.0 Å². The molecule has 160 valence electrons. The zero-order valence-corrected chi connectivity index (χ0v) is 17.7. The molecule has 0 spiro atoms. The second-order valence-corrected chi connectivity index (χ2v) is 10.3. The van der Waals surface area contributed by atoms with Crippen molar-refractivity contribution in [3.05, 3.63) is 58.0 Å². The third kappa shape index (κ3) is 3.97. The van der Waals surface area contributed by atoms with E-state index in [0.717, 1.165) is 29.0 Å². The lowest BCUT2D eigenvalue weighted by atomic mass is 10.0. The van der Waals surface area contributed by atoms with E-state index in [1.807, 2.05) is 0 Å². The normalized spacial score (nSPS) is 14.0. The molecule has 0 aliphatic heterocycles. The van der Waals surface area contributed by atoms with E-state index in [9.17, 15) is 22.0 Å². The molecule has 0 radical (unpaired) electrons. The Labute approximate surface area is 174 Å². The molecule has 0 amide bonds. The fourth-order valence-corrected chi connectivity index (χ4v) is 3.77. The maximum Gasteiger partial charge on any atom is 0.261 e. The summed E-state index contributed by atoms with van der Waals surface area (Å²) < 4.78 is 62.9. The molecule has 7 nitrogen and oxygen atoms in total. The molecular formula is C20H22F2N4O3S. The molecule has 30 heavy (non-hydrogen) atoms. The monoisotopic (exact) mass is 437 g/mol. The third-order valence-corrected chi connectivity index (χ3v) is 6.89. The first kappa shape index (κ1) is 20.5. The van der Waals surface area contributed by atoms with Gasteiger partial charge in [0.1, 0.15) is 17.3 Å².